The van der Waals surface area contributed by atoms with Gasteiger partial charge in [0.1, 0.15) is 5.01 Å². The van der Waals surface area contributed by atoms with Crippen LogP contribution >= 0.6 is 11.3 Å². The van der Waals surface area contributed by atoms with E-state index in [0.717, 1.165) is 5.01 Å². The Labute approximate surface area is 137 Å². The highest BCUT2D eigenvalue weighted by Crippen LogP contribution is 2.27. The zero-order valence-corrected chi connectivity index (χ0v) is 13.8. The molecule has 23 heavy (non-hydrogen) atoms. The first-order valence-electron chi connectivity index (χ1n) is 6.84. The summed E-state index contributed by atoms with van der Waals surface area (Å²) in [5.41, 5.74) is 0.170. The molecule has 2 aromatic rings. The van der Waals surface area contributed by atoms with Gasteiger partial charge in [0.2, 0.25) is 11.0 Å². The average Bonchev–Trinajstić information content (AvgIpc) is 2.94. The second kappa shape index (κ2) is 6.66. The SMILES string of the molecule is CC(C)(C)c1nnc(NC(=O)/C=C/c2ccccc2[N+](=O)[O-])s1. The van der Waals surface area contributed by atoms with Crippen molar-refractivity contribution in [1.82, 2.24) is 10.2 Å². The van der Waals surface area contributed by atoms with Gasteiger partial charge in [0.05, 0.1) is 10.5 Å². The summed E-state index contributed by atoms with van der Waals surface area (Å²) in [4.78, 5) is 22.3. The zero-order valence-electron chi connectivity index (χ0n) is 12.9. The quantitative estimate of drug-likeness (QED) is 0.525. The number of nitro groups is 1. The van der Waals surface area contributed by atoms with Crippen LogP contribution in [0, 0.1) is 10.1 Å². The highest BCUT2D eigenvalue weighted by Gasteiger charge is 2.19. The zero-order chi connectivity index (χ0) is 17.0. The maximum atomic E-state index is 11.9. The lowest BCUT2D eigenvalue weighted by Crippen LogP contribution is -2.10. The molecule has 0 saturated carbocycles. The standard InChI is InChI=1S/C15H16N4O3S/c1-15(2,3)13-17-18-14(23-13)16-12(20)9-8-10-6-4-5-7-11(10)19(21)22/h4-9H,1-3H3,(H,16,18,20)/b9-8+. The van der Waals surface area contributed by atoms with Gasteiger partial charge in [-0.15, -0.1) is 10.2 Å². The van der Waals surface area contributed by atoms with Crippen LogP contribution in [-0.2, 0) is 10.2 Å². The molecule has 0 unspecified atom stereocenters. The van der Waals surface area contributed by atoms with E-state index in [2.05, 4.69) is 15.5 Å². The second-order valence-corrected chi connectivity index (χ2v) is 6.78. The number of anilines is 1. The van der Waals surface area contributed by atoms with Crippen LogP contribution in [0.15, 0.2) is 30.3 Å². The molecule has 1 aromatic carbocycles. The van der Waals surface area contributed by atoms with Gasteiger partial charge in [0, 0.05) is 17.6 Å². The predicted octanol–water partition coefficient (Wildman–Crippen LogP) is 3.40. The number of amides is 1. The van der Waals surface area contributed by atoms with E-state index in [9.17, 15) is 14.9 Å². The van der Waals surface area contributed by atoms with Gasteiger partial charge in [-0.25, -0.2) is 0 Å². The largest absolute Gasteiger partial charge is 0.297 e. The van der Waals surface area contributed by atoms with Gasteiger partial charge in [-0.1, -0.05) is 44.2 Å². The van der Waals surface area contributed by atoms with Crippen LogP contribution in [0.4, 0.5) is 10.8 Å². The molecule has 0 atom stereocenters. The Hall–Kier alpha value is -2.61. The molecule has 0 fully saturated rings. The van der Waals surface area contributed by atoms with Crippen LogP contribution in [0.25, 0.3) is 6.08 Å². The van der Waals surface area contributed by atoms with Crippen molar-refractivity contribution < 1.29 is 9.72 Å². The van der Waals surface area contributed by atoms with Crippen molar-refractivity contribution >= 4 is 34.1 Å². The maximum Gasteiger partial charge on any atom is 0.276 e. The number of nitro benzene ring substituents is 1. The third kappa shape index (κ3) is 4.43. The van der Waals surface area contributed by atoms with Crippen molar-refractivity contribution in [2.45, 2.75) is 26.2 Å². The van der Waals surface area contributed by atoms with Gasteiger partial charge < -0.3 is 0 Å². The van der Waals surface area contributed by atoms with Gasteiger partial charge >= 0.3 is 0 Å². The van der Waals surface area contributed by atoms with Crippen LogP contribution < -0.4 is 5.32 Å². The lowest BCUT2D eigenvalue weighted by Gasteiger charge is -2.12. The van der Waals surface area contributed by atoms with Gasteiger partial charge in [0.15, 0.2) is 0 Å². The van der Waals surface area contributed by atoms with E-state index in [1.165, 1.54) is 29.6 Å². The van der Waals surface area contributed by atoms with Gasteiger partial charge in [0.25, 0.3) is 5.69 Å². The van der Waals surface area contributed by atoms with Crippen LogP contribution in [0.5, 0.6) is 0 Å². The number of hydrogen-bond donors (Lipinski definition) is 1. The average molecular weight is 332 g/mol. The summed E-state index contributed by atoms with van der Waals surface area (Å²) in [5, 5.41) is 22.7. The monoisotopic (exact) mass is 332 g/mol. The van der Waals surface area contributed by atoms with E-state index >= 15 is 0 Å². The number of nitrogens with zero attached hydrogens (tertiary/aromatic N) is 3. The van der Waals surface area contributed by atoms with Crippen molar-refractivity contribution in [3.05, 3.63) is 51.0 Å². The third-order valence-corrected chi connectivity index (χ3v) is 4.11. The Balaban J connectivity index is 2.08. The number of aromatic nitrogens is 2. The van der Waals surface area contributed by atoms with E-state index < -0.39 is 10.8 Å². The Kier molecular flexibility index (Phi) is 4.85. The first-order valence-corrected chi connectivity index (χ1v) is 7.65. The number of rotatable bonds is 4. The number of benzene rings is 1. The molecule has 0 spiro atoms. The fourth-order valence-electron chi connectivity index (χ4n) is 1.68. The van der Waals surface area contributed by atoms with E-state index in [1.54, 1.807) is 18.2 Å². The minimum atomic E-state index is -0.488. The molecule has 7 nitrogen and oxygen atoms in total. The Morgan fingerprint density at radius 3 is 2.61 bits per heavy atom. The molecule has 0 radical (unpaired) electrons. The summed E-state index contributed by atoms with van der Waals surface area (Å²) in [6, 6.07) is 6.21. The molecule has 1 N–H and O–H groups in total. The number of para-hydroxylation sites is 1. The first-order chi connectivity index (χ1) is 10.8. The van der Waals surface area contributed by atoms with Crippen LogP contribution in [0.3, 0.4) is 0 Å². The van der Waals surface area contributed by atoms with E-state index in [4.69, 9.17) is 0 Å². The molecule has 0 aliphatic carbocycles. The minimum absolute atomic E-state index is 0.0533. The molecule has 2 rings (SSSR count). The van der Waals surface area contributed by atoms with Gasteiger partial charge in [-0.05, 0) is 12.1 Å². The summed E-state index contributed by atoms with van der Waals surface area (Å²) in [7, 11) is 0. The molecule has 8 heteroatoms. The van der Waals surface area contributed by atoms with Crippen molar-refractivity contribution in [2.24, 2.45) is 0 Å². The first kappa shape index (κ1) is 16.8. The van der Waals surface area contributed by atoms with Crippen LogP contribution in [-0.4, -0.2) is 21.0 Å². The fraction of sp³-hybridized carbons (Fsp3) is 0.267. The summed E-state index contributed by atoms with van der Waals surface area (Å²) >= 11 is 1.30. The molecule has 120 valence electrons. The highest BCUT2D eigenvalue weighted by molar-refractivity contribution is 7.15. The van der Waals surface area contributed by atoms with Crippen molar-refractivity contribution in [3.63, 3.8) is 0 Å². The highest BCUT2D eigenvalue weighted by atomic mass is 32.1. The van der Waals surface area contributed by atoms with E-state index in [0.29, 0.717) is 10.7 Å². The lowest BCUT2D eigenvalue weighted by atomic mass is 9.98. The number of carbonyl (C=O) groups is 1. The number of nitrogens with one attached hydrogen (secondary N) is 1. The molecule has 1 amide bonds. The molecular weight excluding hydrogens is 316 g/mol. The molecule has 0 bridgehead atoms. The van der Waals surface area contributed by atoms with Gasteiger partial charge in [-0.2, -0.15) is 0 Å². The van der Waals surface area contributed by atoms with Gasteiger partial charge in [-0.3, -0.25) is 20.2 Å². The summed E-state index contributed by atoms with van der Waals surface area (Å²) < 4.78 is 0. The Bertz CT molecular complexity index is 762. The fourth-order valence-corrected chi connectivity index (χ4v) is 2.49. The normalized spacial score (nSPS) is 11.6. The van der Waals surface area contributed by atoms with Crippen molar-refractivity contribution in [3.8, 4) is 0 Å². The maximum absolute atomic E-state index is 11.9. The number of hydrogen-bond acceptors (Lipinski definition) is 6. The van der Waals surface area contributed by atoms with Crippen molar-refractivity contribution in [1.29, 1.82) is 0 Å². The smallest absolute Gasteiger partial charge is 0.276 e. The van der Waals surface area contributed by atoms with E-state index in [-0.39, 0.29) is 11.1 Å². The summed E-state index contributed by atoms with van der Waals surface area (Å²) in [6.07, 6.45) is 2.64. The molecule has 0 aliphatic rings. The molecule has 1 aromatic heterocycles. The van der Waals surface area contributed by atoms with Crippen LogP contribution in [0.1, 0.15) is 31.3 Å². The molecule has 0 saturated heterocycles. The van der Waals surface area contributed by atoms with E-state index in [1.807, 2.05) is 20.8 Å². The topological polar surface area (TPSA) is 98.0 Å². The Morgan fingerprint density at radius 2 is 2.00 bits per heavy atom. The molecule has 1 heterocycles. The predicted molar refractivity (Wildman–Crippen MR) is 89.4 cm³/mol. The van der Waals surface area contributed by atoms with Crippen molar-refractivity contribution in [2.75, 3.05) is 5.32 Å². The summed E-state index contributed by atoms with van der Waals surface area (Å²) in [6.45, 7) is 6.02. The second-order valence-electron chi connectivity index (χ2n) is 5.80. The third-order valence-electron chi connectivity index (χ3n) is 2.84. The van der Waals surface area contributed by atoms with Crippen LogP contribution in [0.2, 0.25) is 0 Å². The lowest BCUT2D eigenvalue weighted by molar-refractivity contribution is -0.385. The summed E-state index contributed by atoms with van der Waals surface area (Å²) in [5.74, 6) is -0.417. The minimum Gasteiger partial charge on any atom is -0.297 e. The Morgan fingerprint density at radius 1 is 1.30 bits per heavy atom. The molecular formula is C15H16N4O3S. The number of carbonyl (C=O) groups excluding carboxylic acids is 1. The molecule has 0 aliphatic heterocycles.